The Bertz CT molecular complexity index is 755. The molecule has 2 N–H and O–H groups in total. The minimum absolute atomic E-state index is 0.707. The molecule has 3 aromatic rings. The molecule has 0 unspecified atom stereocenters. The van der Waals surface area contributed by atoms with E-state index >= 15 is 0 Å². The number of benzene rings is 1. The van der Waals surface area contributed by atoms with E-state index in [2.05, 4.69) is 47.5 Å². The average Bonchev–Trinajstić information content (AvgIpc) is 2.77. The molecule has 1 aromatic carbocycles. The molecule has 0 saturated carbocycles. The third kappa shape index (κ3) is 2.30. The van der Waals surface area contributed by atoms with Crippen LogP contribution < -0.4 is 5.73 Å². The molecule has 100 valence electrons. The van der Waals surface area contributed by atoms with Crippen molar-refractivity contribution in [2.45, 2.75) is 13.3 Å². The fourth-order valence-electron chi connectivity index (χ4n) is 2.29. The van der Waals surface area contributed by atoms with Crippen molar-refractivity contribution in [2.24, 2.45) is 0 Å². The predicted octanol–water partition coefficient (Wildman–Crippen LogP) is 3.48. The van der Waals surface area contributed by atoms with Gasteiger partial charge in [0.2, 0.25) is 0 Å². The molecule has 0 bridgehead atoms. The van der Waals surface area contributed by atoms with Gasteiger partial charge in [0.05, 0.1) is 5.69 Å². The zero-order valence-electron chi connectivity index (χ0n) is 11.5. The molecule has 0 fully saturated rings. The lowest BCUT2D eigenvalue weighted by Gasteiger charge is -1.99. The summed E-state index contributed by atoms with van der Waals surface area (Å²) in [5.41, 5.74) is 10.2. The van der Waals surface area contributed by atoms with Gasteiger partial charge in [-0.05, 0) is 31.0 Å². The maximum atomic E-state index is 6.00. The van der Waals surface area contributed by atoms with Crippen LogP contribution in [-0.4, -0.2) is 9.38 Å². The van der Waals surface area contributed by atoms with Gasteiger partial charge in [-0.2, -0.15) is 0 Å². The van der Waals surface area contributed by atoms with Crippen molar-refractivity contribution in [3.8, 4) is 0 Å². The molecular formula is C17H17N3. The van der Waals surface area contributed by atoms with Crippen molar-refractivity contribution in [1.29, 1.82) is 0 Å². The summed E-state index contributed by atoms with van der Waals surface area (Å²) in [5, 5.41) is 0. The highest BCUT2D eigenvalue weighted by molar-refractivity contribution is 5.68. The molecule has 0 saturated heterocycles. The van der Waals surface area contributed by atoms with Crippen molar-refractivity contribution in [2.75, 3.05) is 5.73 Å². The van der Waals surface area contributed by atoms with E-state index in [4.69, 9.17) is 5.73 Å². The third-order valence-electron chi connectivity index (χ3n) is 3.39. The fourth-order valence-corrected chi connectivity index (χ4v) is 2.29. The molecule has 3 nitrogen and oxygen atoms in total. The Morgan fingerprint density at radius 3 is 2.75 bits per heavy atom. The summed E-state index contributed by atoms with van der Waals surface area (Å²) in [7, 11) is 0. The summed E-state index contributed by atoms with van der Waals surface area (Å²) in [5.74, 6) is 0.707. The van der Waals surface area contributed by atoms with Crippen LogP contribution in [0.3, 0.4) is 0 Å². The van der Waals surface area contributed by atoms with E-state index < -0.39 is 0 Å². The largest absolute Gasteiger partial charge is 0.383 e. The van der Waals surface area contributed by atoms with Crippen LogP contribution in [0.4, 0.5) is 5.82 Å². The van der Waals surface area contributed by atoms with Crippen molar-refractivity contribution < 1.29 is 0 Å². The molecule has 0 aliphatic rings. The van der Waals surface area contributed by atoms with E-state index in [1.54, 1.807) is 0 Å². The number of allylic oxidation sites excluding steroid dienone is 1. The summed E-state index contributed by atoms with van der Waals surface area (Å²) in [4.78, 5) is 4.53. The normalized spacial score (nSPS) is 11.4. The standard InChI is InChI=1S/C17H17N3/c1-13-16(18)20-12-6-11-15(17(20)19-13)10-5-9-14-7-3-2-4-8-14/h2-8,10-12H,9,18H2,1H3. The zero-order valence-corrected chi connectivity index (χ0v) is 11.5. The maximum Gasteiger partial charge on any atom is 0.145 e. The van der Waals surface area contributed by atoms with E-state index in [1.807, 2.05) is 29.7 Å². The molecule has 3 rings (SSSR count). The second-order valence-electron chi connectivity index (χ2n) is 4.83. The van der Waals surface area contributed by atoms with E-state index in [9.17, 15) is 0 Å². The second-order valence-corrected chi connectivity index (χ2v) is 4.83. The lowest BCUT2D eigenvalue weighted by atomic mass is 10.1. The first-order valence-corrected chi connectivity index (χ1v) is 6.69. The highest BCUT2D eigenvalue weighted by atomic mass is 15.1. The lowest BCUT2D eigenvalue weighted by Crippen LogP contribution is -1.94. The number of hydrogen-bond donors (Lipinski definition) is 1. The molecule has 0 amide bonds. The monoisotopic (exact) mass is 263 g/mol. The second kappa shape index (κ2) is 5.21. The van der Waals surface area contributed by atoms with E-state index in [-0.39, 0.29) is 0 Å². The molecule has 20 heavy (non-hydrogen) atoms. The molecular weight excluding hydrogens is 246 g/mol. The van der Waals surface area contributed by atoms with Crippen LogP contribution in [0.1, 0.15) is 16.8 Å². The Morgan fingerprint density at radius 1 is 1.15 bits per heavy atom. The summed E-state index contributed by atoms with van der Waals surface area (Å²) in [6, 6.07) is 14.5. The van der Waals surface area contributed by atoms with Crippen LogP contribution >= 0.6 is 0 Å². The number of imidazole rings is 1. The smallest absolute Gasteiger partial charge is 0.145 e. The fraction of sp³-hybridized carbons (Fsp3) is 0.118. The SMILES string of the molecule is Cc1nc2c(C=CCc3ccccc3)cccn2c1N. The summed E-state index contributed by atoms with van der Waals surface area (Å²) in [6.45, 7) is 1.93. The van der Waals surface area contributed by atoms with Gasteiger partial charge >= 0.3 is 0 Å². The van der Waals surface area contributed by atoms with Crippen LogP contribution in [0.2, 0.25) is 0 Å². The number of nitrogens with zero attached hydrogens (tertiary/aromatic N) is 2. The van der Waals surface area contributed by atoms with Gasteiger partial charge in [-0.1, -0.05) is 42.5 Å². The van der Waals surface area contributed by atoms with Crippen molar-refractivity contribution in [3.63, 3.8) is 0 Å². The number of rotatable bonds is 3. The summed E-state index contributed by atoms with van der Waals surface area (Å²) in [6.07, 6.45) is 7.12. The minimum atomic E-state index is 0.707. The number of hydrogen-bond acceptors (Lipinski definition) is 2. The number of fused-ring (bicyclic) bond motifs is 1. The number of nitrogen functional groups attached to an aromatic ring is 1. The molecule has 2 heterocycles. The molecule has 0 radical (unpaired) electrons. The Kier molecular flexibility index (Phi) is 3.25. The Labute approximate surface area is 118 Å². The number of nitrogens with two attached hydrogens (primary N) is 1. The van der Waals surface area contributed by atoms with E-state index in [1.165, 1.54) is 5.56 Å². The number of pyridine rings is 1. The van der Waals surface area contributed by atoms with Gasteiger partial charge in [-0.3, -0.25) is 4.40 Å². The van der Waals surface area contributed by atoms with Crippen LogP contribution in [0, 0.1) is 6.92 Å². The first kappa shape index (κ1) is 12.5. The van der Waals surface area contributed by atoms with Crippen LogP contribution in [0.15, 0.2) is 54.7 Å². The summed E-state index contributed by atoms with van der Waals surface area (Å²) < 4.78 is 1.93. The van der Waals surface area contributed by atoms with E-state index in [0.29, 0.717) is 5.82 Å². The van der Waals surface area contributed by atoms with Crippen LogP contribution in [-0.2, 0) is 6.42 Å². The van der Waals surface area contributed by atoms with Gasteiger partial charge in [0, 0.05) is 11.8 Å². The molecule has 0 atom stereocenters. The number of anilines is 1. The molecule has 0 aliphatic carbocycles. The molecule has 0 spiro atoms. The van der Waals surface area contributed by atoms with Gasteiger partial charge in [0.15, 0.2) is 0 Å². The quantitative estimate of drug-likeness (QED) is 0.786. The van der Waals surface area contributed by atoms with Crippen LogP contribution in [0.25, 0.3) is 11.7 Å². The Hall–Kier alpha value is -2.55. The highest BCUT2D eigenvalue weighted by Crippen LogP contribution is 2.18. The van der Waals surface area contributed by atoms with E-state index in [0.717, 1.165) is 23.3 Å². The number of aromatic nitrogens is 2. The first-order chi connectivity index (χ1) is 9.75. The van der Waals surface area contributed by atoms with Gasteiger partial charge in [0.25, 0.3) is 0 Å². The maximum absolute atomic E-state index is 6.00. The Morgan fingerprint density at radius 2 is 1.95 bits per heavy atom. The van der Waals surface area contributed by atoms with Gasteiger partial charge in [-0.25, -0.2) is 4.98 Å². The molecule has 3 heteroatoms. The average molecular weight is 263 g/mol. The Balaban J connectivity index is 1.89. The van der Waals surface area contributed by atoms with Crippen molar-refractivity contribution in [3.05, 3.63) is 71.6 Å². The highest BCUT2D eigenvalue weighted by Gasteiger charge is 2.06. The predicted molar refractivity (Wildman–Crippen MR) is 83.5 cm³/mol. The molecule has 0 aliphatic heterocycles. The number of aryl methyl sites for hydroxylation is 1. The topological polar surface area (TPSA) is 43.3 Å². The van der Waals surface area contributed by atoms with Gasteiger partial charge in [0.1, 0.15) is 11.5 Å². The van der Waals surface area contributed by atoms with Crippen molar-refractivity contribution in [1.82, 2.24) is 9.38 Å². The van der Waals surface area contributed by atoms with Gasteiger partial charge in [-0.15, -0.1) is 0 Å². The third-order valence-corrected chi connectivity index (χ3v) is 3.39. The minimum Gasteiger partial charge on any atom is -0.383 e. The zero-order chi connectivity index (χ0) is 13.9. The lowest BCUT2D eigenvalue weighted by molar-refractivity contribution is 1.19. The van der Waals surface area contributed by atoms with Gasteiger partial charge < -0.3 is 5.73 Å². The van der Waals surface area contributed by atoms with Crippen molar-refractivity contribution >= 4 is 17.5 Å². The summed E-state index contributed by atoms with van der Waals surface area (Å²) >= 11 is 0. The van der Waals surface area contributed by atoms with Crippen LogP contribution in [0.5, 0.6) is 0 Å². The first-order valence-electron chi connectivity index (χ1n) is 6.69. The molecule has 2 aromatic heterocycles.